The summed E-state index contributed by atoms with van der Waals surface area (Å²) in [6.07, 6.45) is 2.78. The summed E-state index contributed by atoms with van der Waals surface area (Å²) in [5.41, 5.74) is 5.11. The molecule has 1 unspecified atom stereocenters. The lowest BCUT2D eigenvalue weighted by Crippen LogP contribution is -2.54. The van der Waals surface area contributed by atoms with Gasteiger partial charge in [-0.05, 0) is 95.8 Å². The molecule has 1 aliphatic carbocycles. The molecule has 0 amide bonds. The molecule has 0 saturated carbocycles. The van der Waals surface area contributed by atoms with E-state index >= 15 is 4.39 Å². The van der Waals surface area contributed by atoms with E-state index in [1.165, 1.54) is 0 Å². The van der Waals surface area contributed by atoms with Crippen LogP contribution in [0.15, 0.2) is 60.7 Å². The monoisotopic (exact) mass is 569 g/mol. The van der Waals surface area contributed by atoms with Gasteiger partial charge in [0.25, 0.3) is 0 Å². The van der Waals surface area contributed by atoms with Crippen LogP contribution >= 0.6 is 23.2 Å². The fraction of sp³-hybridized carbons (Fsp3) is 0.344. The predicted molar refractivity (Wildman–Crippen MR) is 154 cm³/mol. The summed E-state index contributed by atoms with van der Waals surface area (Å²) in [7, 11) is 0. The van der Waals surface area contributed by atoms with Gasteiger partial charge in [0.1, 0.15) is 5.67 Å². The summed E-state index contributed by atoms with van der Waals surface area (Å²) in [5.74, 6) is -1.10. The van der Waals surface area contributed by atoms with Gasteiger partial charge in [0.2, 0.25) is 0 Å². The number of benzene rings is 3. The lowest BCUT2D eigenvalue weighted by Gasteiger charge is -2.45. The second-order valence-corrected chi connectivity index (χ2v) is 11.5. The molecule has 3 aromatic rings. The van der Waals surface area contributed by atoms with E-state index in [0.717, 1.165) is 52.7 Å². The van der Waals surface area contributed by atoms with E-state index in [9.17, 15) is 14.3 Å². The molecule has 0 bridgehead atoms. The molecular formula is C32H31Cl2F2NO2. The van der Waals surface area contributed by atoms with Gasteiger partial charge < -0.3 is 10.0 Å². The van der Waals surface area contributed by atoms with Crippen LogP contribution in [0, 0.1) is 5.92 Å². The molecule has 5 rings (SSSR count). The van der Waals surface area contributed by atoms with Crippen LogP contribution in [-0.2, 0) is 12.1 Å². The highest BCUT2D eigenvalue weighted by molar-refractivity contribution is 6.36. The largest absolute Gasteiger partial charge is 0.478 e. The Hall–Kier alpha value is -2.73. The smallest absolute Gasteiger partial charge is 0.335 e. The topological polar surface area (TPSA) is 40.5 Å². The Labute approximate surface area is 238 Å². The number of aromatic carboxylic acids is 1. The van der Waals surface area contributed by atoms with Gasteiger partial charge in [-0.2, -0.15) is 0 Å². The summed E-state index contributed by atoms with van der Waals surface area (Å²) >= 11 is 12.9. The zero-order valence-electron chi connectivity index (χ0n) is 21.8. The third-order valence-corrected chi connectivity index (χ3v) is 8.67. The first-order chi connectivity index (χ1) is 18.7. The third kappa shape index (κ3) is 5.63. The molecule has 39 heavy (non-hydrogen) atoms. The van der Waals surface area contributed by atoms with Crippen molar-refractivity contribution in [3.8, 4) is 0 Å². The first-order valence-electron chi connectivity index (χ1n) is 13.3. The Morgan fingerprint density at radius 2 is 1.74 bits per heavy atom. The number of nitrogens with zero attached hydrogens (tertiary/aromatic N) is 1. The Morgan fingerprint density at radius 3 is 2.41 bits per heavy atom. The number of likely N-dealkylation sites (tertiary alicyclic amines) is 1. The van der Waals surface area contributed by atoms with Crippen LogP contribution in [0.5, 0.6) is 0 Å². The number of carboxylic acids is 1. The summed E-state index contributed by atoms with van der Waals surface area (Å²) < 4.78 is 28.5. The van der Waals surface area contributed by atoms with E-state index in [0.29, 0.717) is 41.7 Å². The quantitative estimate of drug-likeness (QED) is 0.295. The average Bonchev–Trinajstić information content (AvgIpc) is 3.07. The van der Waals surface area contributed by atoms with Gasteiger partial charge in [-0.15, -0.1) is 0 Å². The Bertz CT molecular complexity index is 1410. The number of rotatable bonds is 8. The van der Waals surface area contributed by atoms with E-state index in [1.54, 1.807) is 25.1 Å². The van der Waals surface area contributed by atoms with E-state index in [1.807, 2.05) is 42.5 Å². The molecule has 1 aliphatic heterocycles. The minimum absolute atomic E-state index is 0.140. The van der Waals surface area contributed by atoms with Crippen LogP contribution < -0.4 is 0 Å². The summed E-state index contributed by atoms with van der Waals surface area (Å²) in [4.78, 5) is 13.8. The molecule has 0 aromatic heterocycles. The Morgan fingerprint density at radius 1 is 1.03 bits per heavy atom. The molecule has 1 atom stereocenters. The van der Waals surface area contributed by atoms with Crippen molar-refractivity contribution in [1.82, 2.24) is 4.90 Å². The summed E-state index contributed by atoms with van der Waals surface area (Å²) in [5, 5.41) is 10.7. The Balaban J connectivity index is 1.56. The number of carbonyl (C=O) groups is 1. The van der Waals surface area contributed by atoms with Crippen molar-refractivity contribution in [1.29, 1.82) is 0 Å². The van der Waals surface area contributed by atoms with Crippen LogP contribution in [0.25, 0.3) is 11.1 Å². The molecule has 1 N–H and O–H groups in total. The fourth-order valence-electron chi connectivity index (χ4n) is 5.83. The molecule has 2 aliphatic rings. The zero-order valence-corrected chi connectivity index (χ0v) is 23.3. The predicted octanol–water partition coefficient (Wildman–Crippen LogP) is 8.46. The number of alkyl halides is 2. The molecule has 0 radical (unpaired) electrons. The second-order valence-electron chi connectivity index (χ2n) is 10.7. The number of fused-ring (bicyclic) bond motifs is 1. The van der Waals surface area contributed by atoms with E-state index < -0.39 is 11.6 Å². The number of hydrogen-bond donors (Lipinski definition) is 1. The number of aryl methyl sites for hydroxylation is 1. The molecule has 1 fully saturated rings. The van der Waals surface area contributed by atoms with E-state index in [4.69, 9.17) is 23.2 Å². The van der Waals surface area contributed by atoms with Crippen molar-refractivity contribution in [2.45, 2.75) is 38.3 Å². The highest BCUT2D eigenvalue weighted by Crippen LogP contribution is 2.44. The van der Waals surface area contributed by atoms with Crippen molar-refractivity contribution < 1.29 is 18.7 Å². The van der Waals surface area contributed by atoms with E-state index in [-0.39, 0.29) is 18.2 Å². The standard InChI is InChI=1S/C32H31Cl2F2NO2/c1-32(36,24-18-37(19-24)15-3-14-35)23-9-6-20(7-10-23)30-26-12-8-22(31(38)39)16-21(26)4-2-5-28(30)27-13-11-25(33)17-29(27)34/h6-13,16-17,24H,2-5,14-15,18-19H2,1H3,(H,38,39). The molecule has 3 aromatic carbocycles. The van der Waals surface area contributed by atoms with Crippen molar-refractivity contribution >= 4 is 40.3 Å². The molecular weight excluding hydrogens is 539 g/mol. The van der Waals surface area contributed by atoms with Gasteiger partial charge in [-0.3, -0.25) is 4.39 Å². The third-order valence-electron chi connectivity index (χ3n) is 8.12. The SMILES string of the molecule is CC(F)(c1ccc(C2=C(c3ccc(Cl)cc3Cl)CCCc3cc(C(=O)O)ccc32)cc1)C1CN(CCCF)C1. The number of allylic oxidation sites excluding steroid dienone is 1. The van der Waals surface area contributed by atoms with Crippen molar-refractivity contribution in [3.05, 3.63) is 104 Å². The van der Waals surface area contributed by atoms with Crippen molar-refractivity contribution in [3.63, 3.8) is 0 Å². The second kappa shape index (κ2) is 11.4. The highest BCUT2D eigenvalue weighted by Gasteiger charge is 2.43. The number of hydrogen-bond acceptors (Lipinski definition) is 2. The van der Waals surface area contributed by atoms with Gasteiger partial charge in [-0.25, -0.2) is 9.18 Å². The summed E-state index contributed by atoms with van der Waals surface area (Å²) in [6.45, 7) is 3.19. The summed E-state index contributed by atoms with van der Waals surface area (Å²) in [6, 6.07) is 18.3. The van der Waals surface area contributed by atoms with Gasteiger partial charge >= 0.3 is 5.97 Å². The molecule has 1 saturated heterocycles. The lowest BCUT2D eigenvalue weighted by molar-refractivity contribution is -0.0228. The van der Waals surface area contributed by atoms with E-state index in [2.05, 4.69) is 4.90 Å². The van der Waals surface area contributed by atoms with Crippen LogP contribution in [0.4, 0.5) is 8.78 Å². The van der Waals surface area contributed by atoms with Crippen LogP contribution in [-0.4, -0.2) is 42.3 Å². The first kappa shape index (κ1) is 27.8. The van der Waals surface area contributed by atoms with Crippen molar-refractivity contribution in [2.75, 3.05) is 26.3 Å². The molecule has 7 heteroatoms. The van der Waals surface area contributed by atoms with Gasteiger partial charge in [0, 0.05) is 35.6 Å². The lowest BCUT2D eigenvalue weighted by atomic mass is 9.78. The first-order valence-corrected chi connectivity index (χ1v) is 14.1. The minimum Gasteiger partial charge on any atom is -0.478 e. The normalized spacial score (nSPS) is 17.8. The molecule has 1 heterocycles. The number of carboxylic acid groups (broad SMARTS) is 1. The maximum absolute atomic E-state index is 16.0. The highest BCUT2D eigenvalue weighted by atomic mass is 35.5. The fourth-order valence-corrected chi connectivity index (χ4v) is 6.35. The van der Waals surface area contributed by atoms with Gasteiger partial charge in [-0.1, -0.05) is 59.6 Å². The van der Waals surface area contributed by atoms with Crippen LogP contribution in [0.3, 0.4) is 0 Å². The molecule has 3 nitrogen and oxygen atoms in total. The van der Waals surface area contributed by atoms with Crippen molar-refractivity contribution in [2.24, 2.45) is 5.92 Å². The zero-order chi connectivity index (χ0) is 27.7. The average molecular weight is 571 g/mol. The van der Waals surface area contributed by atoms with Gasteiger partial charge in [0.15, 0.2) is 0 Å². The number of halogens is 4. The van der Waals surface area contributed by atoms with Crippen LogP contribution in [0.2, 0.25) is 10.0 Å². The Kier molecular flexibility index (Phi) is 8.14. The van der Waals surface area contributed by atoms with Gasteiger partial charge in [0.05, 0.1) is 12.2 Å². The maximum atomic E-state index is 16.0. The molecule has 204 valence electrons. The maximum Gasteiger partial charge on any atom is 0.335 e. The van der Waals surface area contributed by atoms with Crippen LogP contribution in [0.1, 0.15) is 64.4 Å². The minimum atomic E-state index is -1.50. The molecule has 0 spiro atoms.